The molecule has 0 aromatic carbocycles. The van der Waals surface area contributed by atoms with Crippen molar-refractivity contribution in [1.29, 1.82) is 0 Å². The summed E-state index contributed by atoms with van der Waals surface area (Å²) in [7, 11) is 0. The maximum Gasteiger partial charge on any atom is 0.303 e. The summed E-state index contributed by atoms with van der Waals surface area (Å²) in [6.45, 7) is 4.52. The summed E-state index contributed by atoms with van der Waals surface area (Å²) in [5, 5.41) is 15.3. The van der Waals surface area contributed by atoms with Crippen molar-refractivity contribution in [3.05, 3.63) is 0 Å². The van der Waals surface area contributed by atoms with Gasteiger partial charge in [-0.1, -0.05) is 11.8 Å². The first-order chi connectivity index (χ1) is 9.01. The molecule has 0 atom stereocenters. The number of carboxylic acid groups (broad SMARTS) is 1. The molecule has 1 heterocycles. The van der Waals surface area contributed by atoms with Gasteiger partial charge in [-0.3, -0.25) is 4.79 Å². The minimum atomic E-state index is -0.801. The number of aliphatic carboxylic acids is 1. The normalized spacial score (nSPS) is 10.5. The van der Waals surface area contributed by atoms with Gasteiger partial charge >= 0.3 is 5.97 Å². The van der Waals surface area contributed by atoms with E-state index in [1.54, 1.807) is 0 Å². The van der Waals surface area contributed by atoms with E-state index >= 15 is 0 Å². The highest BCUT2D eigenvalue weighted by atomic mass is 32.2. The Bertz CT molecular complexity index is 428. The Morgan fingerprint density at radius 1 is 1.32 bits per heavy atom. The molecular weight excluding hydrogens is 266 g/mol. The lowest BCUT2D eigenvalue weighted by molar-refractivity contribution is -0.137. The summed E-state index contributed by atoms with van der Waals surface area (Å²) >= 11 is 1.43. The van der Waals surface area contributed by atoms with E-state index in [2.05, 4.69) is 25.6 Å². The van der Waals surface area contributed by atoms with E-state index in [0.717, 1.165) is 0 Å². The van der Waals surface area contributed by atoms with Gasteiger partial charge in [0.2, 0.25) is 11.9 Å². The number of aromatic nitrogens is 3. The van der Waals surface area contributed by atoms with Crippen LogP contribution < -0.4 is 10.6 Å². The quantitative estimate of drug-likeness (QED) is 0.490. The third kappa shape index (κ3) is 6.23. The van der Waals surface area contributed by atoms with Crippen LogP contribution in [0, 0.1) is 0 Å². The molecule has 0 aliphatic rings. The zero-order valence-electron chi connectivity index (χ0n) is 11.3. The summed E-state index contributed by atoms with van der Waals surface area (Å²) in [6.07, 6.45) is 2.55. The fourth-order valence-electron chi connectivity index (χ4n) is 1.29. The van der Waals surface area contributed by atoms with E-state index < -0.39 is 5.97 Å². The smallest absolute Gasteiger partial charge is 0.303 e. The summed E-state index contributed by atoms with van der Waals surface area (Å²) in [5.74, 6) is 0.187. The predicted octanol–water partition coefficient (Wildman–Crippen LogP) is 1.69. The first-order valence-corrected chi connectivity index (χ1v) is 7.26. The molecule has 0 amide bonds. The van der Waals surface area contributed by atoms with Gasteiger partial charge in [-0.2, -0.15) is 15.0 Å². The number of carboxylic acids is 1. The molecule has 0 saturated carbocycles. The molecule has 0 unspecified atom stereocenters. The molecule has 0 aliphatic carbocycles. The van der Waals surface area contributed by atoms with Crippen LogP contribution in [-0.2, 0) is 4.79 Å². The molecule has 7 nitrogen and oxygen atoms in total. The van der Waals surface area contributed by atoms with E-state index in [0.29, 0.717) is 30.0 Å². The van der Waals surface area contributed by atoms with Crippen molar-refractivity contribution in [2.45, 2.75) is 37.9 Å². The number of hydrogen-bond donors (Lipinski definition) is 3. The molecule has 8 heteroatoms. The van der Waals surface area contributed by atoms with E-state index in [9.17, 15) is 4.79 Å². The average Bonchev–Trinajstić information content (AvgIpc) is 2.33. The lowest BCUT2D eigenvalue weighted by Crippen LogP contribution is -2.15. The number of rotatable bonds is 8. The molecule has 3 N–H and O–H groups in total. The van der Waals surface area contributed by atoms with Crippen LogP contribution in [0.1, 0.15) is 26.7 Å². The van der Waals surface area contributed by atoms with Gasteiger partial charge in [0.25, 0.3) is 0 Å². The van der Waals surface area contributed by atoms with Gasteiger partial charge in [-0.05, 0) is 26.5 Å². The molecule has 1 aromatic rings. The fourth-order valence-corrected chi connectivity index (χ4v) is 1.64. The Balaban J connectivity index is 2.63. The lowest BCUT2D eigenvalue weighted by Gasteiger charge is -2.11. The fraction of sp³-hybridized carbons (Fsp3) is 0.636. The zero-order chi connectivity index (χ0) is 14.3. The Morgan fingerprint density at radius 3 is 2.58 bits per heavy atom. The van der Waals surface area contributed by atoms with E-state index in [4.69, 9.17) is 5.11 Å². The first kappa shape index (κ1) is 15.5. The SMILES string of the molecule is CSc1nc(NCCCC(=O)O)nc(NC(C)C)n1. The lowest BCUT2D eigenvalue weighted by atomic mass is 10.3. The summed E-state index contributed by atoms with van der Waals surface area (Å²) in [5.41, 5.74) is 0. The molecule has 19 heavy (non-hydrogen) atoms. The van der Waals surface area contributed by atoms with Gasteiger partial charge in [0.05, 0.1) is 0 Å². The second-order valence-corrected chi connectivity index (χ2v) is 4.97. The largest absolute Gasteiger partial charge is 0.481 e. The number of anilines is 2. The summed E-state index contributed by atoms with van der Waals surface area (Å²) in [4.78, 5) is 23.1. The summed E-state index contributed by atoms with van der Waals surface area (Å²) < 4.78 is 0. The van der Waals surface area contributed by atoms with E-state index in [1.165, 1.54) is 11.8 Å². The average molecular weight is 285 g/mol. The molecule has 106 valence electrons. The van der Waals surface area contributed by atoms with Crippen molar-refractivity contribution < 1.29 is 9.90 Å². The van der Waals surface area contributed by atoms with Crippen molar-refractivity contribution in [2.75, 3.05) is 23.4 Å². The first-order valence-electron chi connectivity index (χ1n) is 6.03. The summed E-state index contributed by atoms with van der Waals surface area (Å²) in [6, 6.07) is 0.233. The van der Waals surface area contributed by atoms with Crippen LogP contribution in [0.3, 0.4) is 0 Å². The third-order valence-electron chi connectivity index (χ3n) is 2.07. The van der Waals surface area contributed by atoms with Crippen molar-refractivity contribution in [3.8, 4) is 0 Å². The monoisotopic (exact) mass is 285 g/mol. The molecule has 0 fully saturated rings. The Hall–Kier alpha value is -1.57. The highest BCUT2D eigenvalue weighted by Gasteiger charge is 2.06. The molecule has 0 radical (unpaired) electrons. The van der Waals surface area contributed by atoms with Gasteiger partial charge in [0.15, 0.2) is 5.16 Å². The van der Waals surface area contributed by atoms with Crippen LogP contribution in [-0.4, -0.2) is 44.9 Å². The van der Waals surface area contributed by atoms with Gasteiger partial charge in [-0.25, -0.2) is 0 Å². The van der Waals surface area contributed by atoms with Crippen LogP contribution in [0.2, 0.25) is 0 Å². The van der Waals surface area contributed by atoms with Crippen LogP contribution in [0.4, 0.5) is 11.9 Å². The zero-order valence-corrected chi connectivity index (χ0v) is 12.1. The molecule has 0 saturated heterocycles. The van der Waals surface area contributed by atoms with Crippen LogP contribution in [0.25, 0.3) is 0 Å². The predicted molar refractivity (Wildman–Crippen MR) is 75.7 cm³/mol. The Morgan fingerprint density at radius 2 is 2.00 bits per heavy atom. The molecule has 0 spiro atoms. The second kappa shape index (κ2) is 7.78. The topological polar surface area (TPSA) is 100 Å². The number of nitrogens with one attached hydrogen (secondary N) is 2. The maximum atomic E-state index is 10.4. The number of nitrogens with zero attached hydrogens (tertiary/aromatic N) is 3. The standard InChI is InChI=1S/C11H19N5O2S/c1-7(2)13-10-14-9(15-11(16-10)19-3)12-6-4-5-8(17)18/h7H,4-6H2,1-3H3,(H,17,18)(H2,12,13,14,15,16). The minimum Gasteiger partial charge on any atom is -0.481 e. The van der Waals surface area contributed by atoms with Crippen molar-refractivity contribution in [2.24, 2.45) is 0 Å². The van der Waals surface area contributed by atoms with E-state index in [1.807, 2.05) is 20.1 Å². The number of hydrogen-bond acceptors (Lipinski definition) is 7. The van der Waals surface area contributed by atoms with Crippen molar-refractivity contribution >= 4 is 29.6 Å². The molecule has 0 aliphatic heterocycles. The Labute approximate surface area is 116 Å². The third-order valence-corrected chi connectivity index (χ3v) is 2.61. The highest BCUT2D eigenvalue weighted by molar-refractivity contribution is 7.98. The van der Waals surface area contributed by atoms with Crippen LogP contribution >= 0.6 is 11.8 Å². The Kier molecular flexibility index (Phi) is 6.34. The number of thioether (sulfide) groups is 1. The molecule has 0 bridgehead atoms. The van der Waals surface area contributed by atoms with Crippen molar-refractivity contribution in [1.82, 2.24) is 15.0 Å². The van der Waals surface area contributed by atoms with Crippen LogP contribution in [0.15, 0.2) is 5.16 Å². The molecular formula is C11H19N5O2S. The maximum absolute atomic E-state index is 10.4. The van der Waals surface area contributed by atoms with Gasteiger partial charge < -0.3 is 15.7 Å². The number of carbonyl (C=O) groups is 1. The van der Waals surface area contributed by atoms with Gasteiger partial charge in [0.1, 0.15) is 0 Å². The van der Waals surface area contributed by atoms with E-state index in [-0.39, 0.29) is 12.5 Å². The molecule has 1 aromatic heterocycles. The van der Waals surface area contributed by atoms with Gasteiger partial charge in [0, 0.05) is 19.0 Å². The highest BCUT2D eigenvalue weighted by Crippen LogP contribution is 2.14. The molecule has 1 rings (SSSR count). The minimum absolute atomic E-state index is 0.130. The second-order valence-electron chi connectivity index (χ2n) is 4.19. The van der Waals surface area contributed by atoms with Crippen molar-refractivity contribution in [3.63, 3.8) is 0 Å². The van der Waals surface area contributed by atoms with Crippen LogP contribution in [0.5, 0.6) is 0 Å². The van der Waals surface area contributed by atoms with Gasteiger partial charge in [-0.15, -0.1) is 0 Å².